The van der Waals surface area contributed by atoms with E-state index in [1.54, 1.807) is 0 Å². The molecular weight excluding hydrogens is 206 g/mol. The van der Waals surface area contributed by atoms with Gasteiger partial charge in [0.25, 0.3) is 0 Å². The fourth-order valence-electron chi connectivity index (χ4n) is 2.27. The van der Waals surface area contributed by atoms with Crippen molar-refractivity contribution >= 4 is 5.91 Å². The molecule has 2 aliphatic heterocycles. The molecule has 5 heteroatoms. The van der Waals surface area contributed by atoms with Crippen LogP contribution in [-0.2, 0) is 9.53 Å². The lowest BCUT2D eigenvalue weighted by molar-refractivity contribution is -0.136. The Morgan fingerprint density at radius 1 is 1.50 bits per heavy atom. The maximum absolute atomic E-state index is 12.0. The Hall–Kier alpha value is -0.650. The second-order valence-electron chi connectivity index (χ2n) is 4.55. The summed E-state index contributed by atoms with van der Waals surface area (Å²) in [4.78, 5) is 16.0. The van der Waals surface area contributed by atoms with Crippen LogP contribution in [0.15, 0.2) is 0 Å². The minimum absolute atomic E-state index is 0.234. The standard InChI is InChI=1S/C11H21N3O2/c1-13(10-2-3-12-8-10)9-11(15)14-4-6-16-7-5-14/h10,12H,2-9H2,1H3. The fraction of sp³-hybridized carbons (Fsp3) is 0.909. The first-order valence-electron chi connectivity index (χ1n) is 6.04. The van der Waals surface area contributed by atoms with E-state index < -0.39 is 0 Å². The zero-order chi connectivity index (χ0) is 11.4. The number of nitrogens with one attached hydrogen (secondary N) is 1. The number of amides is 1. The van der Waals surface area contributed by atoms with Crippen molar-refractivity contribution in [3.63, 3.8) is 0 Å². The number of rotatable bonds is 3. The third kappa shape index (κ3) is 2.93. The van der Waals surface area contributed by atoms with Gasteiger partial charge < -0.3 is 15.0 Å². The lowest BCUT2D eigenvalue weighted by Gasteiger charge is -2.30. The van der Waals surface area contributed by atoms with Crippen molar-refractivity contribution in [3.05, 3.63) is 0 Å². The highest BCUT2D eigenvalue weighted by Crippen LogP contribution is 2.07. The van der Waals surface area contributed by atoms with Crippen LogP contribution in [0.5, 0.6) is 0 Å². The van der Waals surface area contributed by atoms with E-state index in [1.165, 1.54) is 0 Å². The maximum atomic E-state index is 12.0. The molecule has 1 atom stereocenters. The maximum Gasteiger partial charge on any atom is 0.236 e. The first kappa shape index (κ1) is 11.8. The van der Waals surface area contributed by atoms with Gasteiger partial charge in [0, 0.05) is 25.7 Å². The monoisotopic (exact) mass is 227 g/mol. The van der Waals surface area contributed by atoms with Crippen LogP contribution in [0, 0.1) is 0 Å². The number of carbonyl (C=O) groups excluding carboxylic acids is 1. The molecule has 0 aliphatic carbocycles. The van der Waals surface area contributed by atoms with Gasteiger partial charge in [0.05, 0.1) is 19.8 Å². The molecule has 92 valence electrons. The van der Waals surface area contributed by atoms with Crippen LogP contribution < -0.4 is 5.32 Å². The Kier molecular flexibility index (Phi) is 4.15. The topological polar surface area (TPSA) is 44.8 Å². The van der Waals surface area contributed by atoms with Crippen LogP contribution in [-0.4, -0.2) is 74.7 Å². The van der Waals surface area contributed by atoms with Gasteiger partial charge in [-0.25, -0.2) is 0 Å². The molecule has 0 spiro atoms. The molecule has 0 bridgehead atoms. The van der Waals surface area contributed by atoms with Crippen molar-refractivity contribution < 1.29 is 9.53 Å². The number of morpholine rings is 1. The average molecular weight is 227 g/mol. The Labute approximate surface area is 96.7 Å². The van der Waals surface area contributed by atoms with E-state index in [-0.39, 0.29) is 5.91 Å². The van der Waals surface area contributed by atoms with E-state index in [1.807, 2.05) is 11.9 Å². The number of hydrogen-bond acceptors (Lipinski definition) is 4. The van der Waals surface area contributed by atoms with E-state index in [0.717, 1.165) is 32.6 Å². The molecule has 0 saturated carbocycles. The van der Waals surface area contributed by atoms with Gasteiger partial charge in [-0.2, -0.15) is 0 Å². The summed E-state index contributed by atoms with van der Waals surface area (Å²) in [6, 6.07) is 0.519. The first-order valence-corrected chi connectivity index (χ1v) is 6.04. The van der Waals surface area contributed by atoms with E-state index >= 15 is 0 Å². The number of carbonyl (C=O) groups is 1. The average Bonchev–Trinajstić information content (AvgIpc) is 2.83. The van der Waals surface area contributed by atoms with Gasteiger partial charge in [0.15, 0.2) is 0 Å². The van der Waals surface area contributed by atoms with E-state index in [0.29, 0.717) is 25.8 Å². The summed E-state index contributed by atoms with van der Waals surface area (Å²) in [7, 11) is 2.04. The van der Waals surface area contributed by atoms with Crippen molar-refractivity contribution in [1.82, 2.24) is 15.1 Å². The Morgan fingerprint density at radius 3 is 2.88 bits per heavy atom. The molecule has 0 radical (unpaired) electrons. The molecule has 1 unspecified atom stereocenters. The molecule has 5 nitrogen and oxygen atoms in total. The van der Waals surface area contributed by atoms with Gasteiger partial charge in [0.1, 0.15) is 0 Å². The second-order valence-corrected chi connectivity index (χ2v) is 4.55. The van der Waals surface area contributed by atoms with Crippen molar-refractivity contribution in [1.29, 1.82) is 0 Å². The molecular formula is C11H21N3O2. The fourth-order valence-corrected chi connectivity index (χ4v) is 2.27. The first-order chi connectivity index (χ1) is 7.77. The summed E-state index contributed by atoms with van der Waals surface area (Å²) in [5, 5.41) is 3.32. The predicted molar refractivity (Wildman–Crippen MR) is 61.3 cm³/mol. The number of nitrogens with zero attached hydrogens (tertiary/aromatic N) is 2. The molecule has 2 aliphatic rings. The molecule has 2 heterocycles. The molecule has 2 saturated heterocycles. The normalized spacial score (nSPS) is 26.4. The van der Waals surface area contributed by atoms with Gasteiger partial charge >= 0.3 is 0 Å². The number of hydrogen-bond donors (Lipinski definition) is 1. The molecule has 0 aromatic rings. The lowest BCUT2D eigenvalue weighted by Crippen LogP contribution is -2.47. The molecule has 1 N–H and O–H groups in total. The largest absolute Gasteiger partial charge is 0.378 e. The SMILES string of the molecule is CN(CC(=O)N1CCOCC1)C1CCNC1. The highest BCUT2D eigenvalue weighted by atomic mass is 16.5. The minimum Gasteiger partial charge on any atom is -0.378 e. The van der Waals surface area contributed by atoms with E-state index in [9.17, 15) is 4.79 Å². The molecule has 16 heavy (non-hydrogen) atoms. The van der Waals surface area contributed by atoms with Crippen LogP contribution in [0.4, 0.5) is 0 Å². The van der Waals surface area contributed by atoms with Crippen molar-refractivity contribution in [2.75, 3.05) is 53.0 Å². The third-order valence-corrected chi connectivity index (χ3v) is 3.41. The Balaban J connectivity index is 1.76. The lowest BCUT2D eigenvalue weighted by atomic mass is 10.2. The predicted octanol–water partition coefficient (Wildman–Crippen LogP) is -0.861. The highest BCUT2D eigenvalue weighted by Gasteiger charge is 2.23. The quantitative estimate of drug-likeness (QED) is 0.681. The van der Waals surface area contributed by atoms with E-state index in [2.05, 4.69) is 10.2 Å². The van der Waals surface area contributed by atoms with Crippen molar-refractivity contribution in [2.45, 2.75) is 12.5 Å². The molecule has 1 amide bonds. The molecule has 0 aromatic carbocycles. The second kappa shape index (κ2) is 5.61. The summed E-state index contributed by atoms with van der Waals surface area (Å²) < 4.78 is 5.24. The van der Waals surface area contributed by atoms with Gasteiger partial charge in [-0.15, -0.1) is 0 Å². The summed E-state index contributed by atoms with van der Waals surface area (Å²) in [5.74, 6) is 0.234. The Bertz CT molecular complexity index is 235. The minimum atomic E-state index is 0.234. The summed E-state index contributed by atoms with van der Waals surface area (Å²) in [5.41, 5.74) is 0. The van der Waals surface area contributed by atoms with Crippen molar-refractivity contribution in [3.8, 4) is 0 Å². The van der Waals surface area contributed by atoms with Gasteiger partial charge in [-0.3, -0.25) is 9.69 Å². The van der Waals surface area contributed by atoms with Crippen LogP contribution in [0.2, 0.25) is 0 Å². The van der Waals surface area contributed by atoms with Crippen LogP contribution in [0.25, 0.3) is 0 Å². The van der Waals surface area contributed by atoms with Crippen LogP contribution in [0.3, 0.4) is 0 Å². The van der Waals surface area contributed by atoms with Crippen LogP contribution in [0.1, 0.15) is 6.42 Å². The summed E-state index contributed by atoms with van der Waals surface area (Å²) in [6.07, 6.45) is 1.15. The van der Waals surface area contributed by atoms with Crippen molar-refractivity contribution in [2.24, 2.45) is 0 Å². The molecule has 0 aromatic heterocycles. The summed E-state index contributed by atoms with van der Waals surface area (Å²) >= 11 is 0. The third-order valence-electron chi connectivity index (χ3n) is 3.41. The highest BCUT2D eigenvalue weighted by molar-refractivity contribution is 5.78. The smallest absolute Gasteiger partial charge is 0.236 e. The number of ether oxygens (including phenoxy) is 1. The van der Waals surface area contributed by atoms with E-state index in [4.69, 9.17) is 4.74 Å². The number of likely N-dealkylation sites (N-methyl/N-ethyl adjacent to an activating group) is 1. The Morgan fingerprint density at radius 2 is 2.25 bits per heavy atom. The van der Waals surface area contributed by atoms with Crippen LogP contribution >= 0.6 is 0 Å². The zero-order valence-electron chi connectivity index (χ0n) is 9.95. The molecule has 2 fully saturated rings. The molecule has 2 rings (SSSR count). The van der Waals surface area contributed by atoms with Gasteiger partial charge in [0.2, 0.25) is 5.91 Å². The van der Waals surface area contributed by atoms with Gasteiger partial charge in [-0.1, -0.05) is 0 Å². The summed E-state index contributed by atoms with van der Waals surface area (Å²) in [6.45, 7) is 5.46. The zero-order valence-corrected chi connectivity index (χ0v) is 9.95. The van der Waals surface area contributed by atoms with Gasteiger partial charge in [-0.05, 0) is 20.0 Å².